The Kier molecular flexibility index (Phi) is 2.87. The minimum absolute atomic E-state index is 0.674. The van der Waals surface area contributed by atoms with Gasteiger partial charge in [-0.3, -0.25) is 4.98 Å². The smallest absolute Gasteiger partial charge is 0.157 e. The summed E-state index contributed by atoms with van der Waals surface area (Å²) in [5.41, 5.74) is 2.05. The van der Waals surface area contributed by atoms with Crippen LogP contribution in [-0.4, -0.2) is 15.0 Å². The molecule has 0 fully saturated rings. The summed E-state index contributed by atoms with van der Waals surface area (Å²) in [6, 6.07) is 5.74. The normalized spacial score (nSPS) is 10.2. The van der Waals surface area contributed by atoms with Crippen LogP contribution in [0.2, 0.25) is 0 Å². The second-order valence-electron chi connectivity index (χ2n) is 3.15. The van der Waals surface area contributed by atoms with Crippen molar-refractivity contribution in [2.45, 2.75) is 13.3 Å². The van der Waals surface area contributed by atoms with Crippen molar-refractivity contribution in [3.63, 3.8) is 0 Å². The van der Waals surface area contributed by atoms with Gasteiger partial charge in [0.2, 0.25) is 0 Å². The van der Waals surface area contributed by atoms with Gasteiger partial charge in [-0.2, -0.15) is 0 Å². The maximum Gasteiger partial charge on any atom is 0.157 e. The van der Waals surface area contributed by atoms with E-state index in [9.17, 15) is 0 Å². The van der Waals surface area contributed by atoms with Gasteiger partial charge in [0, 0.05) is 12.4 Å². The molecule has 0 radical (unpaired) electrons. The largest absolute Gasteiger partial charge is 0.329 e. The zero-order valence-electron chi connectivity index (χ0n) is 8.40. The molecule has 1 N–H and O–H groups in total. The SMILES string of the molecule is CCc1cccnc1-c1nccc(=S)[nH]1. The van der Waals surface area contributed by atoms with Crippen LogP contribution in [0, 0.1) is 4.64 Å². The van der Waals surface area contributed by atoms with Gasteiger partial charge in [-0.1, -0.05) is 25.2 Å². The molecule has 0 aliphatic rings. The molecule has 0 amide bonds. The van der Waals surface area contributed by atoms with Gasteiger partial charge in [-0.05, 0) is 24.1 Å². The second kappa shape index (κ2) is 4.31. The van der Waals surface area contributed by atoms with E-state index in [1.165, 1.54) is 5.56 Å². The van der Waals surface area contributed by atoms with Gasteiger partial charge in [0.1, 0.15) is 10.3 Å². The number of aromatic amines is 1. The van der Waals surface area contributed by atoms with Crippen LogP contribution in [0.1, 0.15) is 12.5 Å². The van der Waals surface area contributed by atoms with Gasteiger partial charge in [-0.25, -0.2) is 4.98 Å². The fraction of sp³-hybridized carbons (Fsp3) is 0.182. The summed E-state index contributed by atoms with van der Waals surface area (Å²) < 4.78 is 0.674. The molecule has 2 aromatic rings. The third-order valence-corrected chi connectivity index (χ3v) is 2.41. The molecule has 4 heteroatoms. The number of nitrogens with zero attached hydrogens (tertiary/aromatic N) is 2. The van der Waals surface area contributed by atoms with Crippen molar-refractivity contribution >= 4 is 12.2 Å². The second-order valence-corrected chi connectivity index (χ2v) is 3.59. The Labute approximate surface area is 93.2 Å². The number of hydrogen-bond acceptors (Lipinski definition) is 3. The monoisotopic (exact) mass is 217 g/mol. The summed E-state index contributed by atoms with van der Waals surface area (Å²) in [5, 5.41) is 0. The van der Waals surface area contributed by atoms with E-state index in [2.05, 4.69) is 21.9 Å². The Morgan fingerprint density at radius 3 is 2.87 bits per heavy atom. The molecule has 0 aliphatic heterocycles. The molecule has 0 spiro atoms. The molecule has 0 unspecified atom stereocenters. The Hall–Kier alpha value is -1.55. The molecule has 0 bridgehead atoms. The van der Waals surface area contributed by atoms with Gasteiger partial charge in [0.15, 0.2) is 5.82 Å². The Morgan fingerprint density at radius 2 is 2.13 bits per heavy atom. The van der Waals surface area contributed by atoms with E-state index in [-0.39, 0.29) is 0 Å². The topological polar surface area (TPSA) is 41.6 Å². The number of H-pyrrole nitrogens is 1. The van der Waals surface area contributed by atoms with Crippen LogP contribution in [0.5, 0.6) is 0 Å². The minimum atomic E-state index is 0.674. The van der Waals surface area contributed by atoms with Gasteiger partial charge >= 0.3 is 0 Å². The molecule has 0 atom stereocenters. The highest BCUT2D eigenvalue weighted by Gasteiger charge is 2.05. The van der Waals surface area contributed by atoms with E-state index in [1.807, 2.05) is 12.1 Å². The molecule has 0 saturated heterocycles. The zero-order chi connectivity index (χ0) is 10.7. The van der Waals surface area contributed by atoms with E-state index in [4.69, 9.17) is 12.2 Å². The molecular formula is C11H11N3S. The standard InChI is InChI=1S/C11H11N3S/c1-2-8-4-3-6-12-10(8)11-13-7-5-9(15)14-11/h3-7H,2H2,1H3,(H,13,14,15). The Bertz CT molecular complexity index is 519. The third-order valence-electron chi connectivity index (χ3n) is 2.17. The number of hydrogen-bond donors (Lipinski definition) is 1. The van der Waals surface area contributed by atoms with Gasteiger partial charge in [0.05, 0.1) is 0 Å². The molecular weight excluding hydrogens is 206 g/mol. The summed E-state index contributed by atoms with van der Waals surface area (Å²) in [6.07, 6.45) is 4.39. The zero-order valence-corrected chi connectivity index (χ0v) is 9.21. The number of aromatic nitrogens is 3. The third kappa shape index (κ3) is 2.10. The first kappa shape index (κ1) is 9.98. The van der Waals surface area contributed by atoms with Crippen LogP contribution in [0.4, 0.5) is 0 Å². The van der Waals surface area contributed by atoms with E-state index in [0.717, 1.165) is 17.9 Å². The summed E-state index contributed by atoms with van der Waals surface area (Å²) in [7, 11) is 0. The van der Waals surface area contributed by atoms with Crippen LogP contribution < -0.4 is 0 Å². The van der Waals surface area contributed by atoms with E-state index in [0.29, 0.717) is 4.64 Å². The first-order valence-electron chi connectivity index (χ1n) is 4.81. The molecule has 76 valence electrons. The highest BCUT2D eigenvalue weighted by molar-refractivity contribution is 7.71. The van der Waals surface area contributed by atoms with Crippen LogP contribution in [0.25, 0.3) is 11.5 Å². The van der Waals surface area contributed by atoms with Crippen LogP contribution in [0.3, 0.4) is 0 Å². The summed E-state index contributed by atoms with van der Waals surface area (Å²) in [4.78, 5) is 11.6. The van der Waals surface area contributed by atoms with Crippen LogP contribution >= 0.6 is 12.2 Å². The number of rotatable bonds is 2. The van der Waals surface area contributed by atoms with Gasteiger partial charge in [0.25, 0.3) is 0 Å². The van der Waals surface area contributed by atoms with Crippen molar-refractivity contribution in [2.24, 2.45) is 0 Å². The van der Waals surface area contributed by atoms with E-state index >= 15 is 0 Å². The molecule has 0 saturated carbocycles. The molecule has 3 nitrogen and oxygen atoms in total. The van der Waals surface area contributed by atoms with Crippen molar-refractivity contribution in [1.82, 2.24) is 15.0 Å². The number of nitrogens with one attached hydrogen (secondary N) is 1. The lowest BCUT2D eigenvalue weighted by Crippen LogP contribution is -1.95. The average molecular weight is 217 g/mol. The van der Waals surface area contributed by atoms with E-state index < -0.39 is 0 Å². The molecule has 0 aromatic carbocycles. The highest BCUT2D eigenvalue weighted by Crippen LogP contribution is 2.16. The lowest BCUT2D eigenvalue weighted by atomic mass is 10.1. The molecule has 2 heterocycles. The Balaban J connectivity index is 2.58. The summed E-state index contributed by atoms with van der Waals surface area (Å²) >= 11 is 5.06. The first-order valence-corrected chi connectivity index (χ1v) is 5.21. The van der Waals surface area contributed by atoms with Crippen molar-refractivity contribution in [3.05, 3.63) is 40.8 Å². The summed E-state index contributed by atoms with van der Waals surface area (Å²) in [5.74, 6) is 0.736. The van der Waals surface area contributed by atoms with Crippen LogP contribution in [-0.2, 0) is 6.42 Å². The maximum absolute atomic E-state index is 5.06. The van der Waals surface area contributed by atoms with Crippen LogP contribution in [0.15, 0.2) is 30.6 Å². The van der Waals surface area contributed by atoms with E-state index in [1.54, 1.807) is 18.5 Å². The van der Waals surface area contributed by atoms with Crippen molar-refractivity contribution < 1.29 is 0 Å². The number of pyridine rings is 1. The fourth-order valence-corrected chi connectivity index (χ4v) is 1.59. The molecule has 2 rings (SSSR count). The first-order chi connectivity index (χ1) is 7.31. The van der Waals surface area contributed by atoms with Gasteiger partial charge in [-0.15, -0.1) is 0 Å². The lowest BCUT2D eigenvalue weighted by Gasteiger charge is -2.04. The van der Waals surface area contributed by atoms with Crippen molar-refractivity contribution in [3.8, 4) is 11.5 Å². The minimum Gasteiger partial charge on any atom is -0.329 e. The summed E-state index contributed by atoms with van der Waals surface area (Å²) in [6.45, 7) is 2.10. The number of aryl methyl sites for hydroxylation is 1. The quantitative estimate of drug-likeness (QED) is 0.786. The predicted molar refractivity (Wildman–Crippen MR) is 62.0 cm³/mol. The predicted octanol–water partition coefficient (Wildman–Crippen LogP) is 2.76. The Morgan fingerprint density at radius 1 is 1.27 bits per heavy atom. The van der Waals surface area contributed by atoms with Crippen molar-refractivity contribution in [1.29, 1.82) is 0 Å². The maximum atomic E-state index is 5.06. The molecule has 2 aromatic heterocycles. The lowest BCUT2D eigenvalue weighted by molar-refractivity contribution is 1.06. The molecule has 15 heavy (non-hydrogen) atoms. The fourth-order valence-electron chi connectivity index (χ4n) is 1.43. The highest BCUT2D eigenvalue weighted by atomic mass is 32.1. The average Bonchev–Trinajstić information content (AvgIpc) is 2.29. The van der Waals surface area contributed by atoms with Gasteiger partial charge < -0.3 is 4.98 Å². The van der Waals surface area contributed by atoms with Crippen molar-refractivity contribution in [2.75, 3.05) is 0 Å². The molecule has 0 aliphatic carbocycles.